The van der Waals surface area contributed by atoms with Gasteiger partial charge in [0.2, 0.25) is 5.91 Å². The van der Waals surface area contributed by atoms with E-state index in [0.29, 0.717) is 11.3 Å². The number of nitrogens with one attached hydrogen (secondary N) is 2. The lowest BCUT2D eigenvalue weighted by molar-refractivity contribution is -0.134. The summed E-state index contributed by atoms with van der Waals surface area (Å²) in [6.45, 7) is 1.84. The van der Waals surface area contributed by atoms with Crippen LogP contribution in [0.15, 0.2) is 30.5 Å². The van der Waals surface area contributed by atoms with Gasteiger partial charge in [0.15, 0.2) is 5.13 Å². The summed E-state index contributed by atoms with van der Waals surface area (Å²) >= 11 is 0.580. The van der Waals surface area contributed by atoms with Crippen molar-refractivity contribution >= 4 is 28.1 Å². The molecule has 1 aliphatic rings. The van der Waals surface area contributed by atoms with Gasteiger partial charge in [0.05, 0.1) is 12.2 Å². The standard InChI is InChI=1S/C16H16F3N3OS/c1-9(21-15-20-8-13(24-15)16(17,18)19)10-4-6-12(7-5-10)22-14(23)11-2-3-11/h4-9,11H,2-3H2,1H3,(H,20,21)(H,22,23). The molecule has 1 aromatic carbocycles. The third kappa shape index (κ3) is 4.05. The van der Waals surface area contributed by atoms with Crippen molar-refractivity contribution in [3.8, 4) is 0 Å². The van der Waals surface area contributed by atoms with Crippen LogP contribution < -0.4 is 10.6 Å². The van der Waals surface area contributed by atoms with Gasteiger partial charge in [-0.2, -0.15) is 13.2 Å². The van der Waals surface area contributed by atoms with Crippen LogP contribution >= 0.6 is 11.3 Å². The van der Waals surface area contributed by atoms with Crippen LogP contribution in [0, 0.1) is 5.92 Å². The van der Waals surface area contributed by atoms with Crippen molar-refractivity contribution in [1.29, 1.82) is 0 Å². The van der Waals surface area contributed by atoms with E-state index in [4.69, 9.17) is 0 Å². The van der Waals surface area contributed by atoms with Crippen molar-refractivity contribution in [2.75, 3.05) is 10.6 Å². The molecule has 1 fully saturated rings. The maximum atomic E-state index is 12.6. The smallest absolute Gasteiger partial charge is 0.355 e. The summed E-state index contributed by atoms with van der Waals surface area (Å²) in [4.78, 5) is 14.7. The SMILES string of the molecule is CC(Nc1ncc(C(F)(F)F)s1)c1ccc(NC(=O)C2CC2)cc1. The van der Waals surface area contributed by atoms with E-state index in [1.807, 2.05) is 19.1 Å². The molecule has 1 aromatic heterocycles. The number of hydrogen-bond acceptors (Lipinski definition) is 4. The normalized spacial score (nSPS) is 15.8. The van der Waals surface area contributed by atoms with Crippen molar-refractivity contribution in [3.05, 3.63) is 40.9 Å². The van der Waals surface area contributed by atoms with Crippen LogP contribution in [-0.2, 0) is 11.0 Å². The fourth-order valence-electron chi connectivity index (χ4n) is 2.19. The first kappa shape index (κ1) is 16.8. The summed E-state index contributed by atoms with van der Waals surface area (Å²) in [6.07, 6.45) is -1.66. The molecule has 0 aliphatic heterocycles. The molecule has 1 unspecified atom stereocenters. The third-order valence-corrected chi connectivity index (χ3v) is 4.72. The molecule has 1 heterocycles. The Morgan fingerprint density at radius 1 is 1.29 bits per heavy atom. The molecular formula is C16H16F3N3OS. The summed E-state index contributed by atoms with van der Waals surface area (Å²) in [5.74, 6) is 0.175. The maximum Gasteiger partial charge on any atom is 0.427 e. The fourth-order valence-corrected chi connectivity index (χ4v) is 2.96. The van der Waals surface area contributed by atoms with Crippen LogP contribution in [0.1, 0.15) is 36.2 Å². The van der Waals surface area contributed by atoms with Gasteiger partial charge in [-0.1, -0.05) is 23.5 Å². The van der Waals surface area contributed by atoms with Gasteiger partial charge in [0.1, 0.15) is 4.88 Å². The van der Waals surface area contributed by atoms with Crippen LogP contribution in [0.25, 0.3) is 0 Å². The Bertz CT molecular complexity index is 723. The van der Waals surface area contributed by atoms with E-state index in [2.05, 4.69) is 15.6 Å². The lowest BCUT2D eigenvalue weighted by Crippen LogP contribution is -2.13. The monoisotopic (exact) mass is 355 g/mol. The summed E-state index contributed by atoms with van der Waals surface area (Å²) in [7, 11) is 0. The molecule has 2 N–H and O–H groups in total. The molecule has 0 saturated heterocycles. The van der Waals surface area contributed by atoms with Crippen molar-refractivity contribution in [3.63, 3.8) is 0 Å². The lowest BCUT2D eigenvalue weighted by Gasteiger charge is -2.14. The minimum absolute atomic E-state index is 0.0383. The second-order valence-electron chi connectivity index (χ2n) is 5.78. The van der Waals surface area contributed by atoms with Crippen LogP contribution in [0.2, 0.25) is 0 Å². The predicted octanol–water partition coefficient (Wildman–Crippen LogP) is 4.68. The van der Waals surface area contributed by atoms with Crippen LogP contribution in [0.5, 0.6) is 0 Å². The van der Waals surface area contributed by atoms with Gasteiger partial charge >= 0.3 is 6.18 Å². The van der Waals surface area contributed by atoms with Crippen LogP contribution in [0.3, 0.4) is 0 Å². The minimum Gasteiger partial charge on any atom is -0.355 e. The number of thiazole rings is 1. The second kappa shape index (κ2) is 6.43. The molecule has 128 valence electrons. The number of halogens is 3. The Morgan fingerprint density at radius 2 is 1.96 bits per heavy atom. The largest absolute Gasteiger partial charge is 0.427 e. The number of aromatic nitrogens is 1. The van der Waals surface area contributed by atoms with Crippen molar-refractivity contribution in [1.82, 2.24) is 4.98 Å². The van der Waals surface area contributed by atoms with E-state index in [1.54, 1.807) is 12.1 Å². The van der Waals surface area contributed by atoms with E-state index < -0.39 is 11.1 Å². The summed E-state index contributed by atoms with van der Waals surface area (Å²) in [5.41, 5.74) is 1.61. The molecule has 1 saturated carbocycles. The lowest BCUT2D eigenvalue weighted by atomic mass is 10.1. The van der Waals surface area contributed by atoms with Crippen LogP contribution in [0.4, 0.5) is 24.0 Å². The highest BCUT2D eigenvalue weighted by molar-refractivity contribution is 7.15. The van der Waals surface area contributed by atoms with Gasteiger partial charge in [-0.25, -0.2) is 4.98 Å². The number of amides is 1. The molecule has 3 rings (SSSR count). The van der Waals surface area contributed by atoms with Gasteiger partial charge in [-0.3, -0.25) is 4.79 Å². The molecule has 0 spiro atoms. The third-order valence-electron chi connectivity index (χ3n) is 3.75. The number of carbonyl (C=O) groups excluding carboxylic acids is 1. The molecule has 8 heteroatoms. The first-order chi connectivity index (χ1) is 11.3. The van der Waals surface area contributed by atoms with Gasteiger partial charge in [0, 0.05) is 11.6 Å². The average molecular weight is 355 g/mol. The zero-order valence-corrected chi connectivity index (χ0v) is 13.7. The molecule has 0 radical (unpaired) electrons. The molecular weight excluding hydrogens is 339 g/mol. The Balaban J connectivity index is 1.61. The van der Waals surface area contributed by atoms with Crippen molar-refractivity contribution in [2.24, 2.45) is 5.92 Å². The van der Waals surface area contributed by atoms with E-state index in [-0.39, 0.29) is 23.0 Å². The Kier molecular flexibility index (Phi) is 4.49. The molecule has 0 bridgehead atoms. The second-order valence-corrected chi connectivity index (χ2v) is 6.81. The summed E-state index contributed by atoms with van der Waals surface area (Å²) in [6, 6.07) is 7.04. The van der Waals surface area contributed by atoms with E-state index in [0.717, 1.165) is 30.3 Å². The molecule has 1 amide bonds. The average Bonchev–Trinajstić information content (AvgIpc) is 3.26. The molecule has 4 nitrogen and oxygen atoms in total. The first-order valence-electron chi connectivity index (χ1n) is 7.53. The highest BCUT2D eigenvalue weighted by Crippen LogP contribution is 2.36. The van der Waals surface area contributed by atoms with Gasteiger partial charge < -0.3 is 10.6 Å². The maximum absolute atomic E-state index is 12.6. The summed E-state index contributed by atoms with van der Waals surface area (Å²) in [5, 5.41) is 6.03. The number of rotatable bonds is 5. The topological polar surface area (TPSA) is 54.0 Å². The first-order valence-corrected chi connectivity index (χ1v) is 8.35. The predicted molar refractivity (Wildman–Crippen MR) is 86.9 cm³/mol. The van der Waals surface area contributed by atoms with E-state index in [1.165, 1.54) is 0 Å². The number of anilines is 2. The highest BCUT2D eigenvalue weighted by Gasteiger charge is 2.33. The highest BCUT2D eigenvalue weighted by atomic mass is 32.1. The fraction of sp³-hybridized carbons (Fsp3) is 0.375. The molecule has 2 aromatic rings. The molecule has 1 aliphatic carbocycles. The quantitative estimate of drug-likeness (QED) is 0.818. The number of alkyl halides is 3. The van der Waals surface area contributed by atoms with Crippen LogP contribution in [-0.4, -0.2) is 10.9 Å². The van der Waals surface area contributed by atoms with E-state index in [9.17, 15) is 18.0 Å². The van der Waals surface area contributed by atoms with Crippen molar-refractivity contribution in [2.45, 2.75) is 32.0 Å². The zero-order valence-electron chi connectivity index (χ0n) is 12.9. The van der Waals surface area contributed by atoms with Gasteiger partial charge in [-0.15, -0.1) is 0 Å². The van der Waals surface area contributed by atoms with E-state index >= 15 is 0 Å². The Morgan fingerprint density at radius 3 is 2.50 bits per heavy atom. The number of nitrogens with zero attached hydrogens (tertiary/aromatic N) is 1. The Labute approximate surface area is 141 Å². The number of carbonyl (C=O) groups is 1. The van der Waals surface area contributed by atoms with Gasteiger partial charge in [0.25, 0.3) is 0 Å². The zero-order chi connectivity index (χ0) is 17.3. The van der Waals surface area contributed by atoms with Gasteiger partial charge in [-0.05, 0) is 37.5 Å². The minimum atomic E-state index is -4.37. The molecule has 24 heavy (non-hydrogen) atoms. The summed E-state index contributed by atoms with van der Waals surface area (Å²) < 4.78 is 37.7. The Hall–Kier alpha value is -2.09. The number of hydrogen-bond donors (Lipinski definition) is 2. The molecule has 1 atom stereocenters. The van der Waals surface area contributed by atoms with Crippen molar-refractivity contribution < 1.29 is 18.0 Å². The number of benzene rings is 1.